The Kier molecular flexibility index (Phi) is 1.76. The van der Waals surface area contributed by atoms with Crippen LogP contribution >= 0.6 is 0 Å². The standard InChI is InChI=1S/C9H8F2N2/c1-2-8-6-3-5(10)4-7(11)9(6)13-12-8/h3-4H,2H2,1H3,(H,12,13). The number of nitrogens with one attached hydrogen (secondary N) is 1. The maximum atomic E-state index is 13.1. The third kappa shape index (κ3) is 1.18. The van der Waals surface area contributed by atoms with Gasteiger partial charge in [-0.25, -0.2) is 8.78 Å². The predicted octanol–water partition coefficient (Wildman–Crippen LogP) is 2.40. The Hall–Kier alpha value is -1.45. The van der Waals surface area contributed by atoms with Gasteiger partial charge in [0.2, 0.25) is 0 Å². The second-order valence-electron chi connectivity index (χ2n) is 2.84. The average Bonchev–Trinajstić information content (AvgIpc) is 2.47. The molecule has 1 heterocycles. The lowest BCUT2D eigenvalue weighted by molar-refractivity contribution is 0.590. The summed E-state index contributed by atoms with van der Waals surface area (Å²) in [5.41, 5.74) is 0.964. The van der Waals surface area contributed by atoms with Crippen LogP contribution in [0, 0.1) is 11.6 Å². The van der Waals surface area contributed by atoms with Crippen LogP contribution in [-0.2, 0) is 6.42 Å². The zero-order valence-electron chi connectivity index (χ0n) is 7.06. The van der Waals surface area contributed by atoms with Crippen LogP contribution in [0.5, 0.6) is 0 Å². The Labute approximate surface area is 73.6 Å². The molecule has 13 heavy (non-hydrogen) atoms. The number of fused-ring (bicyclic) bond motifs is 1. The zero-order valence-corrected chi connectivity index (χ0v) is 7.06. The highest BCUT2D eigenvalue weighted by molar-refractivity contribution is 5.81. The summed E-state index contributed by atoms with van der Waals surface area (Å²) in [6.07, 6.45) is 0.680. The molecule has 1 aromatic carbocycles. The Morgan fingerprint density at radius 1 is 1.38 bits per heavy atom. The van der Waals surface area contributed by atoms with Crippen LogP contribution in [0.25, 0.3) is 10.9 Å². The topological polar surface area (TPSA) is 28.7 Å². The molecule has 0 bridgehead atoms. The van der Waals surface area contributed by atoms with E-state index in [0.29, 0.717) is 11.8 Å². The molecule has 0 unspecified atom stereocenters. The SMILES string of the molecule is CCc1[nH]nc2c(F)cc(F)cc12. The first-order chi connectivity index (χ1) is 6.22. The maximum Gasteiger partial charge on any atom is 0.154 e. The molecule has 0 amide bonds. The van der Waals surface area contributed by atoms with Gasteiger partial charge in [0.1, 0.15) is 11.3 Å². The quantitative estimate of drug-likeness (QED) is 0.720. The number of hydrogen-bond acceptors (Lipinski definition) is 1. The molecule has 0 atom stereocenters. The fraction of sp³-hybridized carbons (Fsp3) is 0.222. The number of H-pyrrole nitrogens is 1. The van der Waals surface area contributed by atoms with Crippen LogP contribution < -0.4 is 0 Å². The van der Waals surface area contributed by atoms with E-state index >= 15 is 0 Å². The second-order valence-corrected chi connectivity index (χ2v) is 2.84. The highest BCUT2D eigenvalue weighted by atomic mass is 19.1. The number of aromatic amines is 1. The first-order valence-corrected chi connectivity index (χ1v) is 4.04. The van der Waals surface area contributed by atoms with Gasteiger partial charge < -0.3 is 0 Å². The summed E-state index contributed by atoms with van der Waals surface area (Å²) in [5.74, 6) is -1.19. The number of hydrogen-bond donors (Lipinski definition) is 1. The van der Waals surface area contributed by atoms with Gasteiger partial charge in [-0.15, -0.1) is 0 Å². The van der Waals surface area contributed by atoms with Crippen LogP contribution in [0.15, 0.2) is 12.1 Å². The van der Waals surface area contributed by atoms with Gasteiger partial charge in [-0.3, -0.25) is 5.10 Å². The predicted molar refractivity (Wildman–Crippen MR) is 45.4 cm³/mol. The van der Waals surface area contributed by atoms with E-state index in [2.05, 4.69) is 10.2 Å². The van der Waals surface area contributed by atoms with E-state index in [0.717, 1.165) is 11.8 Å². The number of nitrogens with zero attached hydrogens (tertiary/aromatic N) is 1. The number of benzene rings is 1. The molecule has 4 heteroatoms. The van der Waals surface area contributed by atoms with Crippen LogP contribution in [0.2, 0.25) is 0 Å². The minimum absolute atomic E-state index is 0.207. The summed E-state index contributed by atoms with van der Waals surface area (Å²) < 4.78 is 25.9. The minimum Gasteiger partial charge on any atom is -0.281 e. The lowest BCUT2D eigenvalue weighted by Crippen LogP contribution is -1.83. The Bertz CT molecular complexity index is 448. The molecule has 0 aliphatic heterocycles. The third-order valence-corrected chi connectivity index (χ3v) is 2.01. The van der Waals surface area contributed by atoms with Gasteiger partial charge in [0, 0.05) is 17.1 Å². The van der Waals surface area contributed by atoms with Crippen LogP contribution in [0.1, 0.15) is 12.6 Å². The third-order valence-electron chi connectivity index (χ3n) is 2.01. The average molecular weight is 182 g/mol. The van der Waals surface area contributed by atoms with E-state index in [1.807, 2.05) is 6.92 Å². The van der Waals surface area contributed by atoms with Crippen molar-refractivity contribution in [1.29, 1.82) is 0 Å². The van der Waals surface area contributed by atoms with Crippen LogP contribution in [0.3, 0.4) is 0 Å². The largest absolute Gasteiger partial charge is 0.281 e. The van der Waals surface area contributed by atoms with Gasteiger partial charge in [-0.1, -0.05) is 6.92 Å². The normalized spacial score (nSPS) is 11.0. The van der Waals surface area contributed by atoms with E-state index < -0.39 is 11.6 Å². The zero-order chi connectivity index (χ0) is 9.42. The Balaban J connectivity index is 2.82. The minimum atomic E-state index is -0.619. The highest BCUT2D eigenvalue weighted by Crippen LogP contribution is 2.20. The molecule has 0 fully saturated rings. The summed E-state index contributed by atoms with van der Waals surface area (Å²) in [4.78, 5) is 0. The van der Waals surface area contributed by atoms with Crippen LogP contribution in [0.4, 0.5) is 8.78 Å². The molecule has 1 N–H and O–H groups in total. The maximum absolute atomic E-state index is 13.1. The molecule has 0 saturated heterocycles. The summed E-state index contributed by atoms with van der Waals surface area (Å²) in [5, 5.41) is 6.97. The fourth-order valence-electron chi connectivity index (χ4n) is 1.36. The van der Waals surface area contributed by atoms with Gasteiger partial charge >= 0.3 is 0 Å². The van der Waals surface area contributed by atoms with Gasteiger partial charge in [0.05, 0.1) is 0 Å². The van der Waals surface area contributed by atoms with Crippen molar-refractivity contribution in [3.05, 3.63) is 29.5 Å². The van der Waals surface area contributed by atoms with Crippen molar-refractivity contribution >= 4 is 10.9 Å². The van der Waals surface area contributed by atoms with Crippen molar-refractivity contribution in [3.63, 3.8) is 0 Å². The molecule has 68 valence electrons. The molecule has 1 aromatic heterocycles. The number of halogens is 2. The summed E-state index contributed by atoms with van der Waals surface area (Å²) in [6.45, 7) is 1.90. The first-order valence-electron chi connectivity index (χ1n) is 4.04. The van der Waals surface area contributed by atoms with Crippen molar-refractivity contribution < 1.29 is 8.78 Å². The van der Waals surface area contributed by atoms with Gasteiger partial charge in [-0.05, 0) is 12.5 Å². The Morgan fingerprint density at radius 3 is 2.85 bits per heavy atom. The van der Waals surface area contributed by atoms with Crippen molar-refractivity contribution in [2.24, 2.45) is 0 Å². The van der Waals surface area contributed by atoms with Gasteiger partial charge in [0.15, 0.2) is 5.82 Å². The monoisotopic (exact) mass is 182 g/mol. The van der Waals surface area contributed by atoms with E-state index in [4.69, 9.17) is 0 Å². The number of rotatable bonds is 1. The van der Waals surface area contributed by atoms with Gasteiger partial charge in [0.25, 0.3) is 0 Å². The van der Waals surface area contributed by atoms with Gasteiger partial charge in [-0.2, -0.15) is 5.10 Å². The van der Waals surface area contributed by atoms with E-state index in [1.54, 1.807) is 0 Å². The molecule has 2 aromatic rings. The molecule has 0 aliphatic carbocycles. The van der Waals surface area contributed by atoms with Crippen molar-refractivity contribution in [3.8, 4) is 0 Å². The number of aromatic nitrogens is 2. The molecule has 0 spiro atoms. The van der Waals surface area contributed by atoms with E-state index in [9.17, 15) is 8.78 Å². The fourth-order valence-corrected chi connectivity index (χ4v) is 1.36. The summed E-state index contributed by atoms with van der Waals surface area (Å²) >= 11 is 0. The summed E-state index contributed by atoms with van der Waals surface area (Å²) in [7, 11) is 0. The van der Waals surface area contributed by atoms with Crippen molar-refractivity contribution in [1.82, 2.24) is 10.2 Å². The van der Waals surface area contributed by atoms with Crippen LogP contribution in [-0.4, -0.2) is 10.2 Å². The molecule has 2 nitrogen and oxygen atoms in total. The molecular weight excluding hydrogens is 174 g/mol. The van der Waals surface area contributed by atoms with Crippen molar-refractivity contribution in [2.75, 3.05) is 0 Å². The lowest BCUT2D eigenvalue weighted by Gasteiger charge is -1.93. The summed E-state index contributed by atoms with van der Waals surface area (Å²) in [6, 6.07) is 2.13. The molecular formula is C9H8F2N2. The second kappa shape index (κ2) is 2.80. The number of aryl methyl sites for hydroxylation is 1. The lowest BCUT2D eigenvalue weighted by atomic mass is 10.2. The molecule has 0 saturated carbocycles. The molecule has 0 aliphatic rings. The van der Waals surface area contributed by atoms with Crippen molar-refractivity contribution in [2.45, 2.75) is 13.3 Å². The molecule has 0 radical (unpaired) electrons. The van der Waals surface area contributed by atoms with E-state index in [1.165, 1.54) is 6.07 Å². The molecule has 2 rings (SSSR count). The first kappa shape index (κ1) is 8.16. The smallest absolute Gasteiger partial charge is 0.154 e. The van der Waals surface area contributed by atoms with E-state index in [-0.39, 0.29) is 5.52 Å². The highest BCUT2D eigenvalue weighted by Gasteiger charge is 2.09. The Morgan fingerprint density at radius 2 is 2.15 bits per heavy atom.